The number of aromatic nitrogens is 2. The first-order valence-corrected chi connectivity index (χ1v) is 6.72. The minimum absolute atomic E-state index is 0.222. The van der Waals surface area contributed by atoms with Crippen LogP contribution in [0.1, 0.15) is 11.7 Å². The van der Waals surface area contributed by atoms with Crippen LogP contribution in [0.15, 0.2) is 10.9 Å². The van der Waals surface area contributed by atoms with Crippen molar-refractivity contribution in [3.8, 4) is 0 Å². The van der Waals surface area contributed by atoms with Crippen molar-refractivity contribution in [2.45, 2.75) is 6.04 Å². The van der Waals surface area contributed by atoms with Crippen LogP contribution in [0, 0.1) is 0 Å². The molecule has 2 rings (SSSR count). The molecule has 0 bridgehead atoms. The molecular formula is C11H20BrN5. The predicted octanol–water partition coefficient (Wildman–Crippen LogP) is 0.430. The number of nitrogens with zero attached hydrogens (tertiary/aromatic N) is 4. The standard InChI is InChI=1S/C11H20BrN5/c1-15-3-5-17(6-4-15)9(7-13)10-11(12)16(2)8-14-10/h8-9H,3-7,13H2,1-2H3. The minimum Gasteiger partial charge on any atom is -0.329 e. The highest BCUT2D eigenvalue weighted by Gasteiger charge is 2.26. The first-order valence-electron chi connectivity index (χ1n) is 5.93. The molecule has 1 aromatic rings. The maximum absolute atomic E-state index is 5.92. The van der Waals surface area contributed by atoms with Gasteiger partial charge in [0.05, 0.1) is 18.1 Å². The molecule has 2 N–H and O–H groups in total. The summed E-state index contributed by atoms with van der Waals surface area (Å²) in [6, 6.07) is 0.222. The predicted molar refractivity (Wildman–Crippen MR) is 71.8 cm³/mol. The van der Waals surface area contributed by atoms with Crippen LogP contribution in [0.5, 0.6) is 0 Å². The molecular weight excluding hydrogens is 282 g/mol. The van der Waals surface area contributed by atoms with E-state index in [1.165, 1.54) is 0 Å². The van der Waals surface area contributed by atoms with Gasteiger partial charge in [0.2, 0.25) is 0 Å². The van der Waals surface area contributed by atoms with Crippen LogP contribution in [0.2, 0.25) is 0 Å². The molecule has 1 saturated heterocycles. The number of piperazine rings is 1. The molecule has 6 heteroatoms. The van der Waals surface area contributed by atoms with Gasteiger partial charge in [-0.3, -0.25) is 4.90 Å². The third-order valence-corrected chi connectivity index (χ3v) is 4.37. The van der Waals surface area contributed by atoms with Crippen molar-refractivity contribution in [1.29, 1.82) is 0 Å². The van der Waals surface area contributed by atoms with Gasteiger partial charge in [0.15, 0.2) is 0 Å². The third kappa shape index (κ3) is 2.70. The Bertz CT molecular complexity index is 370. The Balaban J connectivity index is 2.13. The number of hydrogen-bond donors (Lipinski definition) is 1. The van der Waals surface area contributed by atoms with Gasteiger partial charge < -0.3 is 15.2 Å². The fourth-order valence-corrected chi connectivity index (χ4v) is 2.68. The molecule has 2 heterocycles. The minimum atomic E-state index is 0.222. The van der Waals surface area contributed by atoms with E-state index in [4.69, 9.17) is 5.73 Å². The zero-order valence-electron chi connectivity index (χ0n) is 10.4. The van der Waals surface area contributed by atoms with Crippen LogP contribution in [0.3, 0.4) is 0 Å². The number of imidazole rings is 1. The summed E-state index contributed by atoms with van der Waals surface area (Å²) in [5.74, 6) is 0. The van der Waals surface area contributed by atoms with E-state index < -0.39 is 0 Å². The average molecular weight is 302 g/mol. The van der Waals surface area contributed by atoms with E-state index in [2.05, 4.69) is 37.8 Å². The number of halogens is 1. The van der Waals surface area contributed by atoms with E-state index in [1.54, 1.807) is 0 Å². The second-order valence-corrected chi connectivity index (χ2v) is 5.37. The first kappa shape index (κ1) is 13.0. The lowest BCUT2D eigenvalue weighted by atomic mass is 10.1. The summed E-state index contributed by atoms with van der Waals surface area (Å²) in [4.78, 5) is 9.23. The Morgan fingerprint density at radius 3 is 2.47 bits per heavy atom. The van der Waals surface area contributed by atoms with E-state index in [0.29, 0.717) is 6.54 Å². The molecule has 0 spiro atoms. The van der Waals surface area contributed by atoms with Crippen molar-refractivity contribution in [2.24, 2.45) is 12.8 Å². The maximum atomic E-state index is 5.92. The fourth-order valence-electron chi connectivity index (χ4n) is 2.22. The summed E-state index contributed by atoms with van der Waals surface area (Å²) in [5, 5.41) is 0. The molecule has 1 unspecified atom stereocenters. The van der Waals surface area contributed by atoms with Gasteiger partial charge in [0.1, 0.15) is 4.60 Å². The zero-order chi connectivity index (χ0) is 12.4. The summed E-state index contributed by atoms with van der Waals surface area (Å²) >= 11 is 3.58. The normalized spacial score (nSPS) is 20.7. The molecule has 96 valence electrons. The van der Waals surface area contributed by atoms with Crippen molar-refractivity contribution in [3.63, 3.8) is 0 Å². The van der Waals surface area contributed by atoms with Crippen LogP contribution in [-0.4, -0.2) is 59.1 Å². The smallest absolute Gasteiger partial charge is 0.109 e. The lowest BCUT2D eigenvalue weighted by Gasteiger charge is -2.37. The fraction of sp³-hybridized carbons (Fsp3) is 0.727. The molecule has 0 radical (unpaired) electrons. The summed E-state index contributed by atoms with van der Waals surface area (Å²) in [5.41, 5.74) is 6.98. The van der Waals surface area contributed by atoms with E-state index in [-0.39, 0.29) is 6.04 Å². The Morgan fingerprint density at radius 1 is 1.35 bits per heavy atom. The molecule has 1 aliphatic rings. The Hall–Kier alpha value is -0.430. The highest BCUT2D eigenvalue weighted by molar-refractivity contribution is 9.10. The molecule has 5 nitrogen and oxygen atoms in total. The maximum Gasteiger partial charge on any atom is 0.109 e. The summed E-state index contributed by atoms with van der Waals surface area (Å²) in [6.45, 7) is 4.92. The molecule has 0 saturated carbocycles. The van der Waals surface area contributed by atoms with Gasteiger partial charge in [0, 0.05) is 39.8 Å². The van der Waals surface area contributed by atoms with Crippen molar-refractivity contribution in [2.75, 3.05) is 39.8 Å². The van der Waals surface area contributed by atoms with Crippen molar-refractivity contribution in [3.05, 3.63) is 16.6 Å². The quantitative estimate of drug-likeness (QED) is 0.880. The van der Waals surface area contributed by atoms with Gasteiger partial charge in [-0.15, -0.1) is 0 Å². The third-order valence-electron chi connectivity index (χ3n) is 3.41. The second kappa shape index (κ2) is 5.48. The highest BCUT2D eigenvalue weighted by Crippen LogP contribution is 2.26. The zero-order valence-corrected chi connectivity index (χ0v) is 12.0. The number of nitrogens with two attached hydrogens (primary N) is 1. The average Bonchev–Trinajstić information content (AvgIpc) is 2.65. The molecule has 1 atom stereocenters. The number of aryl methyl sites for hydroxylation is 1. The monoisotopic (exact) mass is 301 g/mol. The lowest BCUT2D eigenvalue weighted by Crippen LogP contribution is -2.47. The van der Waals surface area contributed by atoms with Gasteiger partial charge in [0.25, 0.3) is 0 Å². The van der Waals surface area contributed by atoms with Crippen LogP contribution in [-0.2, 0) is 7.05 Å². The molecule has 1 aromatic heterocycles. The summed E-state index contributed by atoms with van der Waals surface area (Å²) in [6.07, 6.45) is 1.83. The van der Waals surface area contributed by atoms with Crippen molar-refractivity contribution >= 4 is 15.9 Å². The van der Waals surface area contributed by atoms with Crippen LogP contribution in [0.4, 0.5) is 0 Å². The topological polar surface area (TPSA) is 50.3 Å². The Kier molecular flexibility index (Phi) is 4.19. The Labute approximate surface area is 111 Å². The largest absolute Gasteiger partial charge is 0.329 e. The second-order valence-electron chi connectivity index (χ2n) is 4.62. The van der Waals surface area contributed by atoms with E-state index in [1.807, 2.05) is 17.9 Å². The van der Waals surface area contributed by atoms with Crippen LogP contribution >= 0.6 is 15.9 Å². The first-order chi connectivity index (χ1) is 8.13. The van der Waals surface area contributed by atoms with Crippen molar-refractivity contribution in [1.82, 2.24) is 19.4 Å². The molecule has 1 fully saturated rings. The molecule has 0 aromatic carbocycles. The van der Waals surface area contributed by atoms with Crippen LogP contribution in [0.25, 0.3) is 0 Å². The van der Waals surface area contributed by atoms with Gasteiger partial charge >= 0.3 is 0 Å². The van der Waals surface area contributed by atoms with Gasteiger partial charge in [-0.2, -0.15) is 0 Å². The van der Waals surface area contributed by atoms with E-state index in [9.17, 15) is 0 Å². The van der Waals surface area contributed by atoms with Gasteiger partial charge in [-0.1, -0.05) is 0 Å². The molecule has 17 heavy (non-hydrogen) atoms. The number of rotatable bonds is 3. The summed E-state index contributed by atoms with van der Waals surface area (Å²) in [7, 11) is 4.14. The number of likely N-dealkylation sites (N-methyl/N-ethyl adjacent to an activating group) is 1. The van der Waals surface area contributed by atoms with Gasteiger partial charge in [-0.25, -0.2) is 4.98 Å². The van der Waals surface area contributed by atoms with E-state index in [0.717, 1.165) is 36.5 Å². The lowest BCUT2D eigenvalue weighted by molar-refractivity contribution is 0.112. The SMILES string of the molecule is CN1CCN(C(CN)c2ncn(C)c2Br)CC1. The summed E-state index contributed by atoms with van der Waals surface area (Å²) < 4.78 is 3.01. The number of hydrogen-bond acceptors (Lipinski definition) is 4. The molecule has 1 aliphatic heterocycles. The van der Waals surface area contributed by atoms with Crippen LogP contribution < -0.4 is 5.73 Å². The highest BCUT2D eigenvalue weighted by atomic mass is 79.9. The van der Waals surface area contributed by atoms with Crippen molar-refractivity contribution < 1.29 is 0 Å². The van der Waals surface area contributed by atoms with Gasteiger partial charge in [-0.05, 0) is 23.0 Å². The molecule has 0 amide bonds. The Morgan fingerprint density at radius 2 is 2.00 bits per heavy atom. The molecule has 0 aliphatic carbocycles. The van der Waals surface area contributed by atoms with E-state index >= 15 is 0 Å².